The first-order valence-corrected chi connectivity index (χ1v) is 15.8. The topological polar surface area (TPSA) is 128 Å². The minimum atomic E-state index is -3.84. The molecule has 2 aromatic carbocycles. The first kappa shape index (κ1) is 31.1. The van der Waals surface area contributed by atoms with E-state index in [1.807, 2.05) is 6.92 Å². The van der Waals surface area contributed by atoms with E-state index in [2.05, 4.69) is 10.6 Å². The van der Waals surface area contributed by atoms with E-state index in [4.69, 9.17) is 16.3 Å². The predicted molar refractivity (Wildman–Crippen MR) is 158 cm³/mol. The molecule has 41 heavy (non-hydrogen) atoms. The molecule has 4 rings (SSSR count). The zero-order valence-electron chi connectivity index (χ0n) is 23.7. The molecule has 3 amide bonds. The van der Waals surface area contributed by atoms with Crippen molar-refractivity contribution < 1.29 is 27.9 Å². The smallest absolute Gasteiger partial charge is 0.319 e. The zero-order chi connectivity index (χ0) is 29.7. The van der Waals surface area contributed by atoms with Gasteiger partial charge in [-0.05, 0) is 62.2 Å². The molecule has 3 atom stereocenters. The molecule has 0 radical (unpaired) electrons. The van der Waals surface area contributed by atoms with Crippen LogP contribution < -0.4 is 15.4 Å². The fourth-order valence-corrected chi connectivity index (χ4v) is 6.56. The Morgan fingerprint density at radius 3 is 2.51 bits per heavy atom. The van der Waals surface area contributed by atoms with Gasteiger partial charge in [-0.25, -0.2) is 13.2 Å². The second kappa shape index (κ2) is 13.4. The number of fused-ring (bicyclic) bond motifs is 1. The molecule has 0 aromatic heterocycles. The Labute approximate surface area is 247 Å². The Morgan fingerprint density at radius 1 is 1.17 bits per heavy atom. The van der Waals surface area contributed by atoms with Gasteiger partial charge in [-0.1, -0.05) is 37.8 Å². The van der Waals surface area contributed by atoms with Crippen LogP contribution in [-0.4, -0.2) is 79.6 Å². The van der Waals surface area contributed by atoms with Gasteiger partial charge in [-0.3, -0.25) is 4.79 Å². The maximum atomic E-state index is 13.7. The van der Waals surface area contributed by atoms with Crippen LogP contribution in [0.3, 0.4) is 0 Å². The summed E-state index contributed by atoms with van der Waals surface area (Å²) in [7, 11) is -2.35. The van der Waals surface area contributed by atoms with E-state index < -0.39 is 22.2 Å². The molecule has 1 fully saturated rings. The lowest BCUT2D eigenvalue weighted by atomic mass is 9.96. The third kappa shape index (κ3) is 7.51. The van der Waals surface area contributed by atoms with Gasteiger partial charge in [0, 0.05) is 36.3 Å². The van der Waals surface area contributed by atoms with Gasteiger partial charge < -0.3 is 25.4 Å². The summed E-state index contributed by atoms with van der Waals surface area (Å²) in [6.45, 7) is 3.64. The molecule has 224 valence electrons. The molecule has 3 N–H and O–H groups in total. The minimum Gasteiger partial charge on any atom is -0.488 e. The summed E-state index contributed by atoms with van der Waals surface area (Å²) in [5.41, 5.74) is 0.652. The number of carbonyl (C=O) groups is 2. The van der Waals surface area contributed by atoms with Crippen molar-refractivity contribution in [3.63, 3.8) is 0 Å². The van der Waals surface area contributed by atoms with Crippen LogP contribution in [0, 0.1) is 5.92 Å². The molecule has 0 saturated heterocycles. The summed E-state index contributed by atoms with van der Waals surface area (Å²) in [5.74, 6) is -0.342. The van der Waals surface area contributed by atoms with Crippen molar-refractivity contribution in [1.82, 2.24) is 14.5 Å². The van der Waals surface area contributed by atoms with Gasteiger partial charge in [0.05, 0.1) is 29.7 Å². The molecule has 2 aliphatic rings. The summed E-state index contributed by atoms with van der Waals surface area (Å²) in [6, 6.07) is 10.1. The Morgan fingerprint density at radius 2 is 1.85 bits per heavy atom. The first-order valence-electron chi connectivity index (χ1n) is 14.0. The normalized spacial score (nSPS) is 20.9. The average Bonchev–Trinajstić information content (AvgIpc) is 2.95. The first-order chi connectivity index (χ1) is 19.5. The van der Waals surface area contributed by atoms with E-state index in [0.717, 1.165) is 25.7 Å². The number of likely N-dealkylation sites (N-methyl/N-ethyl adjacent to an activating group) is 1. The van der Waals surface area contributed by atoms with E-state index in [1.54, 1.807) is 30.0 Å². The van der Waals surface area contributed by atoms with E-state index >= 15 is 0 Å². The highest BCUT2D eigenvalue weighted by molar-refractivity contribution is 7.89. The molecule has 1 heterocycles. The molecule has 1 aliphatic carbocycles. The lowest BCUT2D eigenvalue weighted by Gasteiger charge is -2.38. The van der Waals surface area contributed by atoms with Crippen molar-refractivity contribution in [2.45, 2.75) is 69.0 Å². The summed E-state index contributed by atoms with van der Waals surface area (Å²) < 4.78 is 34.1. The van der Waals surface area contributed by atoms with Gasteiger partial charge in [0.2, 0.25) is 10.0 Å². The molecule has 1 saturated carbocycles. The van der Waals surface area contributed by atoms with Crippen LogP contribution in [0.2, 0.25) is 5.02 Å². The largest absolute Gasteiger partial charge is 0.488 e. The second-order valence-corrected chi connectivity index (χ2v) is 13.5. The van der Waals surface area contributed by atoms with Crippen LogP contribution in [0.5, 0.6) is 5.75 Å². The minimum absolute atomic E-state index is 0.0187. The van der Waals surface area contributed by atoms with E-state index in [1.165, 1.54) is 42.0 Å². The van der Waals surface area contributed by atoms with Crippen molar-refractivity contribution in [1.29, 1.82) is 0 Å². The standard InChI is InChI=1S/C29H39ClN4O6S/c1-19-16-34(20(2)18-35)28(36)25-15-23(32-29(37)31-22-7-5-4-6-8-22)11-14-26(25)40-27(19)17-33(3)41(38,39)24-12-9-21(30)10-13-24/h9-15,19-20,22,27,35H,4-8,16-18H2,1-3H3,(H2,31,32,37)/t19-,20+,27+/m0/s1. The van der Waals surface area contributed by atoms with Crippen LogP contribution in [-0.2, 0) is 10.0 Å². The number of sulfonamides is 1. The SMILES string of the molecule is C[C@H](CO)N1C[C@H](C)[C@@H](CN(C)S(=O)(=O)c2ccc(Cl)cc2)Oc2ccc(NC(=O)NC3CCCCC3)cc2C1=O. The predicted octanol–water partition coefficient (Wildman–Crippen LogP) is 4.34. The molecular weight excluding hydrogens is 568 g/mol. The average molecular weight is 607 g/mol. The van der Waals surface area contributed by atoms with E-state index in [-0.39, 0.29) is 59.8 Å². The number of ether oxygens (including phenoxy) is 1. The number of rotatable bonds is 8. The molecular formula is C29H39ClN4O6S. The number of halogens is 1. The van der Waals surface area contributed by atoms with Crippen LogP contribution in [0.1, 0.15) is 56.3 Å². The van der Waals surface area contributed by atoms with Crippen molar-refractivity contribution in [2.24, 2.45) is 5.92 Å². The van der Waals surface area contributed by atoms with Crippen LogP contribution in [0.25, 0.3) is 0 Å². The fraction of sp³-hybridized carbons (Fsp3) is 0.517. The number of hydrogen-bond acceptors (Lipinski definition) is 6. The molecule has 0 unspecified atom stereocenters. The summed E-state index contributed by atoms with van der Waals surface area (Å²) in [4.78, 5) is 28.0. The third-order valence-electron chi connectivity index (χ3n) is 7.82. The molecule has 1 aliphatic heterocycles. The number of aliphatic hydroxyl groups is 1. The summed E-state index contributed by atoms with van der Waals surface area (Å²) in [5, 5.41) is 16.2. The Balaban J connectivity index is 1.59. The maximum Gasteiger partial charge on any atom is 0.319 e. The van der Waals surface area contributed by atoms with Gasteiger partial charge in [0.1, 0.15) is 11.9 Å². The summed E-state index contributed by atoms with van der Waals surface area (Å²) in [6.07, 6.45) is 4.63. The van der Waals surface area contributed by atoms with Gasteiger partial charge in [-0.2, -0.15) is 4.31 Å². The number of aliphatic hydroxyl groups excluding tert-OH is 1. The number of nitrogens with one attached hydrogen (secondary N) is 2. The lowest BCUT2D eigenvalue weighted by molar-refractivity contribution is 0.0387. The van der Waals surface area contributed by atoms with Crippen LogP contribution in [0.15, 0.2) is 47.4 Å². The van der Waals surface area contributed by atoms with Crippen LogP contribution >= 0.6 is 11.6 Å². The van der Waals surface area contributed by atoms with Crippen LogP contribution in [0.4, 0.5) is 10.5 Å². The lowest BCUT2D eigenvalue weighted by Crippen LogP contribution is -2.50. The fourth-order valence-electron chi connectivity index (χ4n) is 5.26. The number of anilines is 1. The van der Waals surface area contributed by atoms with Gasteiger partial charge in [-0.15, -0.1) is 0 Å². The van der Waals surface area contributed by atoms with Crippen molar-refractivity contribution in [3.05, 3.63) is 53.1 Å². The second-order valence-electron chi connectivity index (χ2n) is 11.0. The van der Waals surface area contributed by atoms with Gasteiger partial charge >= 0.3 is 6.03 Å². The van der Waals surface area contributed by atoms with E-state index in [0.29, 0.717) is 10.7 Å². The molecule has 0 bridgehead atoms. The summed E-state index contributed by atoms with van der Waals surface area (Å²) >= 11 is 5.94. The molecule has 0 spiro atoms. The zero-order valence-corrected chi connectivity index (χ0v) is 25.2. The highest BCUT2D eigenvalue weighted by atomic mass is 35.5. The van der Waals surface area contributed by atoms with E-state index in [9.17, 15) is 23.1 Å². The molecule has 2 aromatic rings. The Hall–Kier alpha value is -2.86. The van der Waals surface area contributed by atoms with Crippen molar-refractivity contribution >= 4 is 39.2 Å². The highest BCUT2D eigenvalue weighted by Gasteiger charge is 2.35. The quantitative estimate of drug-likeness (QED) is 0.410. The van der Waals surface area contributed by atoms with Gasteiger partial charge in [0.15, 0.2) is 0 Å². The highest BCUT2D eigenvalue weighted by Crippen LogP contribution is 2.31. The number of benzene rings is 2. The van der Waals surface area contributed by atoms with Crippen molar-refractivity contribution in [3.8, 4) is 5.75 Å². The number of carbonyl (C=O) groups excluding carboxylic acids is 2. The number of nitrogens with zero attached hydrogens (tertiary/aromatic N) is 2. The number of hydrogen-bond donors (Lipinski definition) is 3. The Bertz CT molecular complexity index is 1330. The molecule has 10 nitrogen and oxygen atoms in total. The molecule has 12 heteroatoms. The monoisotopic (exact) mass is 606 g/mol. The van der Waals surface area contributed by atoms with Crippen molar-refractivity contribution in [2.75, 3.05) is 32.1 Å². The third-order valence-corrected chi connectivity index (χ3v) is 9.91. The Kier molecular flexibility index (Phi) is 10.2. The maximum absolute atomic E-state index is 13.7. The number of urea groups is 1. The number of amides is 3. The van der Waals surface area contributed by atoms with Gasteiger partial charge in [0.25, 0.3) is 5.91 Å².